The summed E-state index contributed by atoms with van der Waals surface area (Å²) in [5.41, 5.74) is 1.51. The minimum Gasteiger partial charge on any atom is -0.348 e. The maximum Gasteiger partial charge on any atom is 0.254 e. The minimum absolute atomic E-state index is 0.0807. The first-order valence-corrected chi connectivity index (χ1v) is 6.65. The summed E-state index contributed by atoms with van der Waals surface area (Å²) < 4.78 is 14.7. The van der Waals surface area contributed by atoms with E-state index in [1.165, 1.54) is 6.07 Å². The Kier molecular flexibility index (Phi) is 4.32. The van der Waals surface area contributed by atoms with E-state index in [0.29, 0.717) is 12.1 Å². The van der Waals surface area contributed by atoms with Gasteiger partial charge in [0.1, 0.15) is 5.82 Å². The number of benzene rings is 2. The molecule has 4 heteroatoms. The highest BCUT2D eigenvalue weighted by Crippen LogP contribution is 2.13. The Hall–Kier alpha value is -1.68. The topological polar surface area (TPSA) is 29.1 Å². The molecule has 0 fully saturated rings. The fraction of sp³-hybridized carbons (Fsp3) is 0.133. The number of carbonyl (C=O) groups is 1. The second-order valence-electron chi connectivity index (χ2n) is 4.25. The molecular formula is C15H13BrFNO. The van der Waals surface area contributed by atoms with Gasteiger partial charge >= 0.3 is 0 Å². The molecule has 2 aromatic rings. The molecule has 0 heterocycles. The standard InChI is InChI=1S/C15H13BrFNO/c1-10-3-2-4-13(14(10)17)15(19)18-9-11-5-7-12(16)8-6-11/h2-8H,9H2,1H3,(H,18,19). The Morgan fingerprint density at radius 2 is 1.89 bits per heavy atom. The van der Waals surface area contributed by atoms with E-state index in [4.69, 9.17) is 0 Å². The quantitative estimate of drug-likeness (QED) is 0.914. The lowest BCUT2D eigenvalue weighted by Gasteiger charge is -2.07. The van der Waals surface area contributed by atoms with Gasteiger partial charge in [0, 0.05) is 11.0 Å². The van der Waals surface area contributed by atoms with Gasteiger partial charge in [-0.05, 0) is 36.2 Å². The minimum atomic E-state index is -0.462. The highest BCUT2D eigenvalue weighted by Gasteiger charge is 2.12. The number of carbonyl (C=O) groups excluding carboxylic acids is 1. The van der Waals surface area contributed by atoms with Crippen molar-refractivity contribution >= 4 is 21.8 Å². The second-order valence-corrected chi connectivity index (χ2v) is 5.16. The third kappa shape index (κ3) is 3.41. The predicted molar refractivity (Wildman–Crippen MR) is 76.4 cm³/mol. The van der Waals surface area contributed by atoms with Crippen molar-refractivity contribution in [1.82, 2.24) is 5.32 Å². The van der Waals surface area contributed by atoms with Crippen molar-refractivity contribution in [3.63, 3.8) is 0 Å². The molecule has 0 aliphatic rings. The van der Waals surface area contributed by atoms with Crippen molar-refractivity contribution < 1.29 is 9.18 Å². The van der Waals surface area contributed by atoms with Gasteiger partial charge in [-0.3, -0.25) is 4.79 Å². The van der Waals surface area contributed by atoms with E-state index >= 15 is 0 Å². The van der Waals surface area contributed by atoms with E-state index in [1.54, 1.807) is 19.1 Å². The first-order valence-electron chi connectivity index (χ1n) is 5.85. The summed E-state index contributed by atoms with van der Waals surface area (Å²) in [6, 6.07) is 12.4. The first-order chi connectivity index (χ1) is 9.08. The van der Waals surface area contributed by atoms with Gasteiger partial charge < -0.3 is 5.32 Å². The number of rotatable bonds is 3. The van der Waals surface area contributed by atoms with Crippen molar-refractivity contribution in [2.24, 2.45) is 0 Å². The highest BCUT2D eigenvalue weighted by molar-refractivity contribution is 9.10. The summed E-state index contributed by atoms with van der Waals surface area (Å²) in [6.45, 7) is 2.01. The normalized spacial score (nSPS) is 10.3. The van der Waals surface area contributed by atoms with E-state index in [1.807, 2.05) is 24.3 Å². The predicted octanol–water partition coefficient (Wildman–Crippen LogP) is 3.83. The maximum atomic E-state index is 13.8. The summed E-state index contributed by atoms with van der Waals surface area (Å²) in [7, 11) is 0. The van der Waals surface area contributed by atoms with E-state index in [0.717, 1.165) is 10.0 Å². The molecule has 1 amide bonds. The van der Waals surface area contributed by atoms with Gasteiger partial charge in [-0.15, -0.1) is 0 Å². The zero-order valence-electron chi connectivity index (χ0n) is 10.4. The smallest absolute Gasteiger partial charge is 0.254 e. The summed E-state index contributed by atoms with van der Waals surface area (Å²) in [4.78, 5) is 11.9. The molecule has 19 heavy (non-hydrogen) atoms. The van der Waals surface area contributed by atoms with Crippen LogP contribution >= 0.6 is 15.9 Å². The molecule has 0 spiro atoms. The summed E-state index contributed by atoms with van der Waals surface area (Å²) in [5.74, 6) is -0.861. The van der Waals surface area contributed by atoms with Gasteiger partial charge in [-0.25, -0.2) is 4.39 Å². The highest BCUT2D eigenvalue weighted by atomic mass is 79.9. The number of halogens is 2. The molecule has 0 unspecified atom stereocenters. The third-order valence-corrected chi connectivity index (χ3v) is 3.33. The van der Waals surface area contributed by atoms with Gasteiger partial charge in [-0.1, -0.05) is 40.2 Å². The molecule has 0 bridgehead atoms. The Labute approximate surface area is 119 Å². The number of amides is 1. The lowest BCUT2D eigenvalue weighted by Crippen LogP contribution is -2.24. The van der Waals surface area contributed by atoms with Crippen LogP contribution in [0.4, 0.5) is 4.39 Å². The van der Waals surface area contributed by atoms with Crippen LogP contribution < -0.4 is 5.32 Å². The zero-order valence-corrected chi connectivity index (χ0v) is 12.0. The van der Waals surface area contributed by atoms with Crippen LogP contribution in [0.15, 0.2) is 46.9 Å². The fourth-order valence-electron chi connectivity index (χ4n) is 1.70. The van der Waals surface area contributed by atoms with Crippen LogP contribution in [0.1, 0.15) is 21.5 Å². The van der Waals surface area contributed by atoms with Crippen molar-refractivity contribution in [1.29, 1.82) is 0 Å². The Morgan fingerprint density at radius 1 is 1.21 bits per heavy atom. The van der Waals surface area contributed by atoms with Crippen molar-refractivity contribution in [3.8, 4) is 0 Å². The SMILES string of the molecule is Cc1cccc(C(=O)NCc2ccc(Br)cc2)c1F. The zero-order chi connectivity index (χ0) is 13.8. The first kappa shape index (κ1) is 13.7. The molecule has 2 aromatic carbocycles. The number of aryl methyl sites for hydroxylation is 1. The molecule has 0 saturated carbocycles. The van der Waals surface area contributed by atoms with Crippen LogP contribution in [-0.2, 0) is 6.54 Å². The molecule has 0 aliphatic carbocycles. The molecule has 98 valence electrons. The average molecular weight is 322 g/mol. The van der Waals surface area contributed by atoms with E-state index in [-0.39, 0.29) is 5.56 Å². The van der Waals surface area contributed by atoms with Gasteiger partial charge in [0.05, 0.1) is 5.56 Å². The van der Waals surface area contributed by atoms with Crippen LogP contribution in [-0.4, -0.2) is 5.91 Å². The van der Waals surface area contributed by atoms with Crippen LogP contribution in [0.5, 0.6) is 0 Å². The molecule has 0 aliphatic heterocycles. The molecule has 0 saturated heterocycles. The van der Waals surface area contributed by atoms with Crippen LogP contribution in [0, 0.1) is 12.7 Å². The van der Waals surface area contributed by atoms with Gasteiger partial charge in [-0.2, -0.15) is 0 Å². The largest absolute Gasteiger partial charge is 0.348 e. The Bertz CT molecular complexity index is 596. The second kappa shape index (κ2) is 5.97. The van der Waals surface area contributed by atoms with Gasteiger partial charge in [0.25, 0.3) is 5.91 Å². The number of nitrogens with one attached hydrogen (secondary N) is 1. The Morgan fingerprint density at radius 3 is 2.58 bits per heavy atom. The van der Waals surface area contributed by atoms with Crippen molar-refractivity contribution in [2.75, 3.05) is 0 Å². The molecule has 0 radical (unpaired) electrons. The lowest BCUT2D eigenvalue weighted by molar-refractivity contribution is 0.0946. The number of hydrogen-bond acceptors (Lipinski definition) is 1. The van der Waals surface area contributed by atoms with Crippen LogP contribution in [0.3, 0.4) is 0 Å². The van der Waals surface area contributed by atoms with E-state index in [9.17, 15) is 9.18 Å². The summed E-state index contributed by atoms with van der Waals surface area (Å²) in [5, 5.41) is 2.71. The van der Waals surface area contributed by atoms with E-state index in [2.05, 4.69) is 21.2 Å². The van der Waals surface area contributed by atoms with Gasteiger partial charge in [0.2, 0.25) is 0 Å². The molecule has 0 atom stereocenters. The van der Waals surface area contributed by atoms with Crippen molar-refractivity contribution in [2.45, 2.75) is 13.5 Å². The van der Waals surface area contributed by atoms with Crippen molar-refractivity contribution in [3.05, 3.63) is 69.4 Å². The maximum absolute atomic E-state index is 13.8. The molecule has 0 aromatic heterocycles. The summed E-state index contributed by atoms with van der Waals surface area (Å²) >= 11 is 3.34. The van der Waals surface area contributed by atoms with Crippen LogP contribution in [0.2, 0.25) is 0 Å². The van der Waals surface area contributed by atoms with E-state index < -0.39 is 11.7 Å². The molecule has 2 rings (SSSR count). The Balaban J connectivity index is 2.05. The van der Waals surface area contributed by atoms with Crippen LogP contribution in [0.25, 0.3) is 0 Å². The summed E-state index contributed by atoms with van der Waals surface area (Å²) in [6.07, 6.45) is 0. The molecular weight excluding hydrogens is 309 g/mol. The fourth-order valence-corrected chi connectivity index (χ4v) is 1.97. The van der Waals surface area contributed by atoms with Gasteiger partial charge in [0.15, 0.2) is 0 Å². The molecule has 2 nitrogen and oxygen atoms in total. The monoisotopic (exact) mass is 321 g/mol. The lowest BCUT2D eigenvalue weighted by atomic mass is 10.1. The number of hydrogen-bond donors (Lipinski definition) is 1. The molecule has 1 N–H and O–H groups in total. The average Bonchev–Trinajstić information content (AvgIpc) is 2.41. The third-order valence-electron chi connectivity index (χ3n) is 2.80.